The maximum Gasteiger partial charge on any atom is 0.262 e. The summed E-state index contributed by atoms with van der Waals surface area (Å²) in [6, 6.07) is 13.6. The Morgan fingerprint density at radius 3 is 2.60 bits per heavy atom. The summed E-state index contributed by atoms with van der Waals surface area (Å²) < 4.78 is 14.9. The minimum Gasteiger partial charge on any atom is -0.341 e. The predicted molar refractivity (Wildman–Crippen MR) is 117 cm³/mol. The van der Waals surface area contributed by atoms with Gasteiger partial charge in [0.2, 0.25) is 5.91 Å². The highest BCUT2D eigenvalue weighted by molar-refractivity contribution is 7.99. The van der Waals surface area contributed by atoms with Crippen molar-refractivity contribution in [2.75, 3.05) is 12.8 Å². The maximum absolute atomic E-state index is 13.2. The van der Waals surface area contributed by atoms with E-state index in [-0.39, 0.29) is 29.1 Å². The summed E-state index contributed by atoms with van der Waals surface area (Å²) in [6.45, 7) is 0.403. The molecule has 3 aromatic rings. The fourth-order valence-electron chi connectivity index (χ4n) is 3.90. The van der Waals surface area contributed by atoms with Crippen LogP contribution in [0.15, 0.2) is 58.5 Å². The molecule has 0 aliphatic heterocycles. The number of carbonyl (C=O) groups is 1. The summed E-state index contributed by atoms with van der Waals surface area (Å²) in [5.41, 5.74) is 1.50. The molecule has 30 heavy (non-hydrogen) atoms. The molecule has 0 N–H and O–H groups in total. The molecule has 156 valence electrons. The molecule has 1 aliphatic carbocycles. The van der Waals surface area contributed by atoms with Crippen molar-refractivity contribution in [3.63, 3.8) is 0 Å². The van der Waals surface area contributed by atoms with Crippen molar-refractivity contribution in [2.24, 2.45) is 0 Å². The number of nitrogens with zero attached hydrogens (tertiary/aromatic N) is 3. The number of amides is 1. The molecule has 2 aromatic carbocycles. The average Bonchev–Trinajstić information content (AvgIpc) is 3.28. The fraction of sp³-hybridized carbons (Fsp3) is 0.348. The molecule has 1 fully saturated rings. The number of para-hydroxylation sites is 1. The molecule has 1 aliphatic rings. The van der Waals surface area contributed by atoms with Gasteiger partial charge in [-0.2, -0.15) is 0 Å². The van der Waals surface area contributed by atoms with Gasteiger partial charge in [0.05, 0.1) is 16.7 Å². The van der Waals surface area contributed by atoms with Crippen molar-refractivity contribution in [1.82, 2.24) is 14.5 Å². The van der Waals surface area contributed by atoms with Crippen LogP contribution in [0, 0.1) is 5.82 Å². The first-order valence-corrected chi connectivity index (χ1v) is 11.1. The van der Waals surface area contributed by atoms with Crippen LogP contribution in [-0.4, -0.2) is 33.2 Å². The van der Waals surface area contributed by atoms with E-state index in [1.54, 1.807) is 28.6 Å². The van der Waals surface area contributed by atoms with Crippen molar-refractivity contribution in [3.8, 4) is 0 Å². The second-order valence-corrected chi connectivity index (χ2v) is 8.63. The van der Waals surface area contributed by atoms with Gasteiger partial charge >= 0.3 is 0 Å². The van der Waals surface area contributed by atoms with Crippen molar-refractivity contribution in [3.05, 3.63) is 70.3 Å². The number of thioether (sulfide) groups is 1. The second-order valence-electron chi connectivity index (χ2n) is 7.69. The number of fused-ring (bicyclic) bond motifs is 1. The number of benzene rings is 2. The van der Waals surface area contributed by atoms with Gasteiger partial charge in [0, 0.05) is 19.6 Å². The lowest BCUT2D eigenvalue weighted by Gasteiger charge is -2.20. The molecule has 1 saturated carbocycles. The largest absolute Gasteiger partial charge is 0.341 e. The highest BCUT2D eigenvalue weighted by Gasteiger charge is 2.23. The molecule has 0 bridgehead atoms. The topological polar surface area (TPSA) is 55.2 Å². The Bertz CT molecular complexity index is 1110. The van der Waals surface area contributed by atoms with E-state index >= 15 is 0 Å². The third kappa shape index (κ3) is 4.41. The Morgan fingerprint density at radius 2 is 1.87 bits per heavy atom. The third-order valence-electron chi connectivity index (χ3n) is 5.55. The summed E-state index contributed by atoms with van der Waals surface area (Å²) in [5, 5.41) is 1.22. The molecule has 0 unspecified atom stereocenters. The van der Waals surface area contributed by atoms with Gasteiger partial charge in [0.15, 0.2) is 5.16 Å². The van der Waals surface area contributed by atoms with Crippen molar-refractivity contribution >= 4 is 28.6 Å². The first kappa shape index (κ1) is 20.6. The van der Waals surface area contributed by atoms with E-state index in [4.69, 9.17) is 4.98 Å². The lowest BCUT2D eigenvalue weighted by Crippen LogP contribution is -2.29. The Kier molecular flexibility index (Phi) is 6.18. The zero-order valence-corrected chi connectivity index (χ0v) is 17.7. The highest BCUT2D eigenvalue weighted by Crippen LogP contribution is 2.32. The molecule has 0 radical (unpaired) electrons. The zero-order chi connectivity index (χ0) is 21.1. The molecular weight excluding hydrogens is 401 g/mol. The second kappa shape index (κ2) is 9.00. The monoisotopic (exact) mass is 425 g/mol. The van der Waals surface area contributed by atoms with E-state index in [1.165, 1.54) is 23.9 Å². The molecule has 5 nitrogen and oxygen atoms in total. The maximum atomic E-state index is 13.2. The van der Waals surface area contributed by atoms with Crippen LogP contribution in [0.1, 0.15) is 37.3 Å². The van der Waals surface area contributed by atoms with Gasteiger partial charge < -0.3 is 4.90 Å². The van der Waals surface area contributed by atoms with Gasteiger partial charge in [-0.3, -0.25) is 14.2 Å². The third-order valence-corrected chi connectivity index (χ3v) is 6.49. The molecule has 0 spiro atoms. The molecule has 7 heteroatoms. The average molecular weight is 426 g/mol. The van der Waals surface area contributed by atoms with Crippen molar-refractivity contribution in [2.45, 2.75) is 43.4 Å². The smallest absolute Gasteiger partial charge is 0.262 e. The summed E-state index contributed by atoms with van der Waals surface area (Å²) in [7, 11) is 1.73. The highest BCUT2D eigenvalue weighted by atomic mass is 32.2. The van der Waals surface area contributed by atoms with Gasteiger partial charge in [-0.25, -0.2) is 9.37 Å². The van der Waals surface area contributed by atoms with Gasteiger partial charge in [0.25, 0.3) is 5.56 Å². The van der Waals surface area contributed by atoms with Crippen LogP contribution in [0.2, 0.25) is 0 Å². The molecule has 1 heterocycles. The van der Waals surface area contributed by atoms with Crippen molar-refractivity contribution < 1.29 is 9.18 Å². The Labute approximate surface area is 178 Å². The van der Waals surface area contributed by atoms with E-state index < -0.39 is 0 Å². The first-order valence-electron chi connectivity index (χ1n) is 10.2. The quantitative estimate of drug-likeness (QED) is 0.434. The van der Waals surface area contributed by atoms with Crippen LogP contribution >= 0.6 is 11.8 Å². The van der Waals surface area contributed by atoms with Crippen LogP contribution < -0.4 is 5.56 Å². The molecule has 1 amide bonds. The van der Waals surface area contributed by atoms with Crippen LogP contribution in [0.3, 0.4) is 0 Å². The number of rotatable bonds is 6. The van der Waals surface area contributed by atoms with E-state index in [9.17, 15) is 14.0 Å². The molecule has 0 saturated heterocycles. The van der Waals surface area contributed by atoms with Gasteiger partial charge in [0.1, 0.15) is 5.82 Å². The standard InChI is InChI=1S/C23H24FN3O2S/c1-26(14-16-10-12-17(24)13-11-16)21(28)15-30-23-25-20-9-5-4-8-19(20)22(29)27(23)18-6-2-3-7-18/h4-5,8-13,18H,2-3,6-7,14-15H2,1H3. The Morgan fingerprint density at radius 1 is 1.17 bits per heavy atom. The molecular formula is C23H24FN3O2S. The van der Waals surface area contributed by atoms with E-state index in [2.05, 4.69) is 0 Å². The van der Waals surface area contributed by atoms with Crippen LogP contribution in [0.25, 0.3) is 10.9 Å². The number of hydrogen-bond donors (Lipinski definition) is 0. The zero-order valence-electron chi connectivity index (χ0n) is 16.9. The number of hydrogen-bond acceptors (Lipinski definition) is 4. The summed E-state index contributed by atoms with van der Waals surface area (Å²) in [5.74, 6) is -0.171. The first-order chi connectivity index (χ1) is 14.5. The van der Waals surface area contributed by atoms with E-state index in [0.717, 1.165) is 31.2 Å². The number of aromatic nitrogens is 2. The van der Waals surface area contributed by atoms with Crippen LogP contribution in [0.5, 0.6) is 0 Å². The Balaban J connectivity index is 1.54. The summed E-state index contributed by atoms with van der Waals surface area (Å²) in [4.78, 5) is 32.2. The van der Waals surface area contributed by atoms with Crippen LogP contribution in [0.4, 0.5) is 4.39 Å². The normalized spacial score (nSPS) is 14.3. The van der Waals surface area contributed by atoms with Gasteiger partial charge in [-0.15, -0.1) is 0 Å². The lowest BCUT2D eigenvalue weighted by molar-refractivity contribution is -0.127. The predicted octanol–water partition coefficient (Wildman–Crippen LogP) is 4.40. The Hall–Kier alpha value is -2.67. The minimum atomic E-state index is -0.296. The SMILES string of the molecule is CN(Cc1ccc(F)cc1)C(=O)CSc1nc2ccccc2c(=O)n1C1CCCC1. The molecule has 0 atom stereocenters. The van der Waals surface area contributed by atoms with Crippen molar-refractivity contribution in [1.29, 1.82) is 0 Å². The number of halogens is 1. The van der Waals surface area contributed by atoms with E-state index in [0.29, 0.717) is 22.6 Å². The van der Waals surface area contributed by atoms with Gasteiger partial charge in [-0.1, -0.05) is 48.9 Å². The van der Waals surface area contributed by atoms with Crippen LogP contribution in [-0.2, 0) is 11.3 Å². The molecule has 1 aromatic heterocycles. The summed E-state index contributed by atoms with van der Waals surface area (Å²) >= 11 is 1.31. The lowest BCUT2D eigenvalue weighted by atomic mass is 10.2. The summed E-state index contributed by atoms with van der Waals surface area (Å²) in [6.07, 6.45) is 4.14. The number of carbonyl (C=O) groups excluding carboxylic acids is 1. The molecule has 4 rings (SSSR count). The van der Waals surface area contributed by atoms with E-state index in [1.807, 2.05) is 24.3 Å². The van der Waals surface area contributed by atoms with Gasteiger partial charge in [-0.05, 0) is 42.7 Å². The fourth-order valence-corrected chi connectivity index (χ4v) is 4.91. The minimum absolute atomic E-state index is 0.0258.